The lowest BCUT2D eigenvalue weighted by atomic mass is 10.2. The van der Waals surface area contributed by atoms with Gasteiger partial charge in [-0.3, -0.25) is 4.79 Å². The number of carbonyl (C=O) groups excluding carboxylic acids is 1. The smallest absolute Gasteiger partial charge is 0.291 e. The molecule has 8 heteroatoms. The first-order valence-corrected chi connectivity index (χ1v) is 7.56. The molecule has 0 radical (unpaired) electrons. The molecule has 0 fully saturated rings. The SMILES string of the molecule is Cc1ccnc2nc(C(=O)NC[C@@H]3COc4ccccc4O3)nn12. The zero-order chi connectivity index (χ0) is 16.5. The summed E-state index contributed by atoms with van der Waals surface area (Å²) in [6.45, 7) is 2.54. The number of rotatable bonds is 3. The van der Waals surface area contributed by atoms with Gasteiger partial charge in [0.1, 0.15) is 12.7 Å². The van der Waals surface area contributed by atoms with E-state index >= 15 is 0 Å². The van der Waals surface area contributed by atoms with Gasteiger partial charge in [0.2, 0.25) is 5.82 Å². The normalized spacial score (nSPS) is 16.1. The first-order valence-electron chi connectivity index (χ1n) is 7.56. The second-order valence-electron chi connectivity index (χ2n) is 5.44. The number of amides is 1. The molecule has 1 N–H and O–H groups in total. The minimum absolute atomic E-state index is 0.0777. The van der Waals surface area contributed by atoms with Crippen molar-refractivity contribution < 1.29 is 14.3 Å². The maximum absolute atomic E-state index is 12.2. The summed E-state index contributed by atoms with van der Waals surface area (Å²) in [4.78, 5) is 20.5. The number of carbonyl (C=O) groups is 1. The van der Waals surface area contributed by atoms with E-state index in [2.05, 4.69) is 20.4 Å². The molecule has 1 aliphatic heterocycles. The summed E-state index contributed by atoms with van der Waals surface area (Å²) < 4.78 is 12.9. The number of benzene rings is 1. The molecule has 24 heavy (non-hydrogen) atoms. The highest BCUT2D eigenvalue weighted by molar-refractivity contribution is 5.90. The number of aromatic nitrogens is 4. The molecule has 1 atom stereocenters. The summed E-state index contributed by atoms with van der Waals surface area (Å²) in [5, 5.41) is 6.94. The van der Waals surface area contributed by atoms with Crippen molar-refractivity contribution in [3.05, 3.63) is 48.0 Å². The van der Waals surface area contributed by atoms with Crippen LogP contribution in [0.5, 0.6) is 11.5 Å². The number of aryl methyl sites for hydroxylation is 1. The summed E-state index contributed by atoms with van der Waals surface area (Å²) in [6.07, 6.45) is 1.37. The molecule has 1 aromatic carbocycles. The Bertz CT molecular complexity index is 908. The van der Waals surface area contributed by atoms with E-state index in [4.69, 9.17) is 9.47 Å². The van der Waals surface area contributed by atoms with Gasteiger partial charge in [-0.05, 0) is 25.1 Å². The summed E-state index contributed by atoms with van der Waals surface area (Å²) in [5.74, 6) is 1.49. The first kappa shape index (κ1) is 14.4. The summed E-state index contributed by atoms with van der Waals surface area (Å²) in [6, 6.07) is 9.24. The highest BCUT2D eigenvalue weighted by Crippen LogP contribution is 2.30. The largest absolute Gasteiger partial charge is 0.486 e. The van der Waals surface area contributed by atoms with E-state index in [-0.39, 0.29) is 17.8 Å². The fraction of sp³-hybridized carbons (Fsp3) is 0.250. The van der Waals surface area contributed by atoms with Crippen LogP contribution in [0.25, 0.3) is 5.78 Å². The average Bonchev–Trinajstić information content (AvgIpc) is 3.05. The van der Waals surface area contributed by atoms with E-state index in [1.807, 2.05) is 31.2 Å². The third kappa shape index (κ3) is 2.62. The first-order chi connectivity index (χ1) is 11.7. The van der Waals surface area contributed by atoms with Crippen molar-refractivity contribution in [2.24, 2.45) is 0 Å². The fourth-order valence-electron chi connectivity index (χ4n) is 2.45. The van der Waals surface area contributed by atoms with Crippen LogP contribution < -0.4 is 14.8 Å². The van der Waals surface area contributed by atoms with E-state index in [0.29, 0.717) is 30.4 Å². The number of hydrogen-bond donors (Lipinski definition) is 1. The summed E-state index contributed by atoms with van der Waals surface area (Å²) in [5.41, 5.74) is 0.854. The number of nitrogens with one attached hydrogen (secondary N) is 1. The molecular weight excluding hydrogens is 310 g/mol. The molecule has 1 aliphatic rings. The number of ether oxygens (including phenoxy) is 2. The van der Waals surface area contributed by atoms with Crippen molar-refractivity contribution in [1.82, 2.24) is 24.9 Å². The van der Waals surface area contributed by atoms with Gasteiger partial charge in [-0.25, -0.2) is 9.50 Å². The second-order valence-corrected chi connectivity index (χ2v) is 5.44. The lowest BCUT2D eigenvalue weighted by molar-refractivity contribution is 0.0783. The number of nitrogens with zero attached hydrogens (tertiary/aromatic N) is 4. The molecule has 8 nitrogen and oxygen atoms in total. The van der Waals surface area contributed by atoms with E-state index in [1.165, 1.54) is 4.52 Å². The van der Waals surface area contributed by atoms with Crippen LogP contribution in [-0.4, -0.2) is 44.7 Å². The predicted molar refractivity (Wildman–Crippen MR) is 84.2 cm³/mol. The minimum atomic E-state index is -0.373. The second kappa shape index (κ2) is 5.80. The van der Waals surface area contributed by atoms with Gasteiger partial charge in [-0.1, -0.05) is 12.1 Å². The molecule has 3 heterocycles. The molecule has 0 saturated heterocycles. The average molecular weight is 325 g/mol. The van der Waals surface area contributed by atoms with Gasteiger partial charge in [-0.2, -0.15) is 4.98 Å². The Balaban J connectivity index is 1.42. The van der Waals surface area contributed by atoms with Crippen LogP contribution in [0.2, 0.25) is 0 Å². The monoisotopic (exact) mass is 325 g/mol. The van der Waals surface area contributed by atoms with E-state index < -0.39 is 0 Å². The highest BCUT2D eigenvalue weighted by Gasteiger charge is 2.22. The van der Waals surface area contributed by atoms with Gasteiger partial charge in [0.05, 0.1) is 6.54 Å². The molecule has 0 bridgehead atoms. The van der Waals surface area contributed by atoms with Crippen molar-refractivity contribution in [3.63, 3.8) is 0 Å². The predicted octanol–water partition coefficient (Wildman–Crippen LogP) is 1.00. The van der Waals surface area contributed by atoms with Gasteiger partial charge in [0, 0.05) is 11.9 Å². The Morgan fingerprint density at radius 1 is 1.33 bits per heavy atom. The molecule has 4 rings (SSSR count). The lowest BCUT2D eigenvalue weighted by Gasteiger charge is -2.26. The maximum atomic E-state index is 12.2. The van der Waals surface area contributed by atoms with Crippen molar-refractivity contribution >= 4 is 11.7 Å². The molecule has 1 amide bonds. The topological polar surface area (TPSA) is 90.6 Å². The quantitative estimate of drug-likeness (QED) is 0.773. The summed E-state index contributed by atoms with van der Waals surface area (Å²) in [7, 11) is 0. The standard InChI is InChI=1S/C16H15N5O3/c1-10-6-7-17-16-19-14(20-21(10)16)15(22)18-8-11-9-23-12-4-2-3-5-13(12)24-11/h2-7,11H,8-9H2,1H3,(H,18,22)/t11-/m1/s1. The molecule has 0 aliphatic carbocycles. The maximum Gasteiger partial charge on any atom is 0.291 e. The van der Waals surface area contributed by atoms with Gasteiger partial charge >= 0.3 is 0 Å². The molecule has 0 unspecified atom stereocenters. The van der Waals surface area contributed by atoms with Gasteiger partial charge < -0.3 is 14.8 Å². The summed E-state index contributed by atoms with van der Waals surface area (Å²) >= 11 is 0. The Morgan fingerprint density at radius 3 is 3.00 bits per heavy atom. The van der Waals surface area contributed by atoms with Crippen molar-refractivity contribution in [3.8, 4) is 11.5 Å². The number of para-hydroxylation sites is 2. The van der Waals surface area contributed by atoms with Crippen LogP contribution in [0.15, 0.2) is 36.5 Å². The van der Waals surface area contributed by atoms with Crippen LogP contribution in [0.3, 0.4) is 0 Å². The van der Waals surface area contributed by atoms with Crippen molar-refractivity contribution in [2.75, 3.05) is 13.2 Å². The Labute approximate surface area is 137 Å². The Morgan fingerprint density at radius 2 is 2.17 bits per heavy atom. The fourth-order valence-corrected chi connectivity index (χ4v) is 2.45. The molecule has 2 aromatic heterocycles. The third-order valence-corrected chi connectivity index (χ3v) is 3.69. The van der Waals surface area contributed by atoms with E-state index in [9.17, 15) is 4.79 Å². The Hall–Kier alpha value is -3.16. The lowest BCUT2D eigenvalue weighted by Crippen LogP contribution is -2.41. The number of fused-ring (bicyclic) bond motifs is 2. The number of hydrogen-bond acceptors (Lipinski definition) is 6. The van der Waals surface area contributed by atoms with Crippen LogP contribution in [-0.2, 0) is 0 Å². The van der Waals surface area contributed by atoms with Gasteiger partial charge in [0.15, 0.2) is 11.5 Å². The molecule has 122 valence electrons. The van der Waals surface area contributed by atoms with Crippen LogP contribution in [0.4, 0.5) is 0 Å². The molecule has 3 aromatic rings. The van der Waals surface area contributed by atoms with Crippen LogP contribution >= 0.6 is 0 Å². The Kier molecular flexibility index (Phi) is 3.49. The zero-order valence-electron chi connectivity index (χ0n) is 13.0. The highest BCUT2D eigenvalue weighted by atomic mass is 16.6. The van der Waals surface area contributed by atoms with E-state index in [1.54, 1.807) is 12.3 Å². The minimum Gasteiger partial charge on any atom is -0.486 e. The van der Waals surface area contributed by atoms with Crippen LogP contribution in [0, 0.1) is 6.92 Å². The molecule has 0 spiro atoms. The zero-order valence-corrected chi connectivity index (χ0v) is 13.0. The molecule has 0 saturated carbocycles. The van der Waals surface area contributed by atoms with Crippen molar-refractivity contribution in [1.29, 1.82) is 0 Å². The van der Waals surface area contributed by atoms with Crippen molar-refractivity contribution in [2.45, 2.75) is 13.0 Å². The van der Waals surface area contributed by atoms with Gasteiger partial charge in [0.25, 0.3) is 11.7 Å². The third-order valence-electron chi connectivity index (χ3n) is 3.69. The molecular formula is C16H15N5O3. The van der Waals surface area contributed by atoms with Crippen LogP contribution in [0.1, 0.15) is 16.3 Å². The van der Waals surface area contributed by atoms with E-state index in [0.717, 1.165) is 5.69 Å². The van der Waals surface area contributed by atoms with Gasteiger partial charge in [-0.15, -0.1) is 5.10 Å².